The standard InChI is InChI=1S/C16H21N3O3/c1-10-15(11(2)19(3)18-10)16(20)17-9-12-6-7-13(21-4)8-14(12)22-5/h6-8H,9H2,1-5H3,(H,17,20). The number of hydrogen-bond donors (Lipinski definition) is 1. The molecule has 0 atom stereocenters. The topological polar surface area (TPSA) is 65.4 Å². The van der Waals surface area contributed by atoms with E-state index in [1.807, 2.05) is 33.0 Å². The minimum absolute atomic E-state index is 0.138. The third-order valence-electron chi connectivity index (χ3n) is 3.67. The Hall–Kier alpha value is -2.50. The third kappa shape index (κ3) is 3.05. The molecule has 2 rings (SSSR count). The first-order valence-corrected chi connectivity index (χ1v) is 6.97. The molecule has 0 saturated carbocycles. The molecule has 6 nitrogen and oxygen atoms in total. The van der Waals surface area contributed by atoms with Gasteiger partial charge in [-0.1, -0.05) is 0 Å². The summed E-state index contributed by atoms with van der Waals surface area (Å²) in [6.45, 7) is 4.08. The highest BCUT2D eigenvalue weighted by Crippen LogP contribution is 2.24. The largest absolute Gasteiger partial charge is 0.497 e. The smallest absolute Gasteiger partial charge is 0.255 e. The highest BCUT2D eigenvalue weighted by atomic mass is 16.5. The van der Waals surface area contributed by atoms with Crippen molar-refractivity contribution in [3.8, 4) is 11.5 Å². The first-order valence-electron chi connectivity index (χ1n) is 6.97. The minimum atomic E-state index is -0.138. The van der Waals surface area contributed by atoms with Crippen LogP contribution in [0.25, 0.3) is 0 Å². The highest BCUT2D eigenvalue weighted by Gasteiger charge is 2.17. The molecular formula is C16H21N3O3. The molecule has 22 heavy (non-hydrogen) atoms. The second-order valence-electron chi connectivity index (χ2n) is 5.03. The number of hydrogen-bond acceptors (Lipinski definition) is 4. The van der Waals surface area contributed by atoms with Crippen molar-refractivity contribution in [3.63, 3.8) is 0 Å². The summed E-state index contributed by atoms with van der Waals surface area (Å²) in [4.78, 5) is 12.4. The minimum Gasteiger partial charge on any atom is -0.497 e. The van der Waals surface area contributed by atoms with Gasteiger partial charge in [-0.3, -0.25) is 9.48 Å². The van der Waals surface area contributed by atoms with Crippen LogP contribution in [0, 0.1) is 13.8 Å². The number of nitrogens with one attached hydrogen (secondary N) is 1. The van der Waals surface area contributed by atoms with Crippen LogP contribution >= 0.6 is 0 Å². The Morgan fingerprint density at radius 2 is 2.00 bits per heavy atom. The lowest BCUT2D eigenvalue weighted by atomic mass is 10.1. The molecule has 0 saturated heterocycles. The maximum absolute atomic E-state index is 12.4. The Bertz CT molecular complexity index is 692. The number of aromatic nitrogens is 2. The van der Waals surface area contributed by atoms with Crippen LogP contribution in [0.2, 0.25) is 0 Å². The first kappa shape index (κ1) is 15.9. The molecule has 0 spiro atoms. The summed E-state index contributed by atoms with van der Waals surface area (Å²) in [6, 6.07) is 5.51. The molecule has 1 amide bonds. The average molecular weight is 303 g/mol. The van der Waals surface area contributed by atoms with Gasteiger partial charge in [-0.2, -0.15) is 5.10 Å². The van der Waals surface area contributed by atoms with E-state index in [9.17, 15) is 4.79 Å². The van der Waals surface area contributed by atoms with Gasteiger partial charge in [0, 0.05) is 30.9 Å². The molecule has 0 aliphatic carbocycles. The van der Waals surface area contributed by atoms with Crippen LogP contribution in [0.5, 0.6) is 11.5 Å². The second kappa shape index (κ2) is 6.51. The van der Waals surface area contributed by atoms with E-state index in [0.717, 1.165) is 17.0 Å². The van der Waals surface area contributed by atoms with Crippen molar-refractivity contribution in [2.75, 3.05) is 14.2 Å². The van der Waals surface area contributed by atoms with Crippen molar-refractivity contribution in [1.82, 2.24) is 15.1 Å². The van der Waals surface area contributed by atoms with Gasteiger partial charge < -0.3 is 14.8 Å². The summed E-state index contributed by atoms with van der Waals surface area (Å²) in [5.74, 6) is 1.26. The normalized spacial score (nSPS) is 10.4. The van der Waals surface area contributed by atoms with Gasteiger partial charge in [0.1, 0.15) is 11.5 Å². The zero-order valence-corrected chi connectivity index (χ0v) is 13.6. The predicted octanol–water partition coefficient (Wildman–Crippen LogP) is 1.98. The lowest BCUT2D eigenvalue weighted by Crippen LogP contribution is -2.24. The van der Waals surface area contributed by atoms with E-state index < -0.39 is 0 Å². The fourth-order valence-electron chi connectivity index (χ4n) is 2.36. The van der Waals surface area contributed by atoms with Crippen molar-refractivity contribution >= 4 is 5.91 Å². The Morgan fingerprint density at radius 1 is 1.27 bits per heavy atom. The molecule has 1 heterocycles. The third-order valence-corrected chi connectivity index (χ3v) is 3.67. The van der Waals surface area contributed by atoms with Gasteiger partial charge in [-0.25, -0.2) is 0 Å². The van der Waals surface area contributed by atoms with Crippen molar-refractivity contribution in [2.24, 2.45) is 7.05 Å². The Labute approximate surface area is 130 Å². The Kier molecular flexibility index (Phi) is 4.70. The number of rotatable bonds is 5. The zero-order valence-electron chi connectivity index (χ0n) is 13.6. The van der Waals surface area contributed by atoms with Crippen molar-refractivity contribution in [1.29, 1.82) is 0 Å². The monoisotopic (exact) mass is 303 g/mol. The van der Waals surface area contributed by atoms with Gasteiger partial charge >= 0.3 is 0 Å². The molecular weight excluding hydrogens is 282 g/mol. The molecule has 0 fully saturated rings. The molecule has 1 aromatic carbocycles. The van der Waals surface area contributed by atoms with Crippen LogP contribution in [-0.2, 0) is 13.6 Å². The summed E-state index contributed by atoms with van der Waals surface area (Å²) in [5.41, 5.74) is 3.07. The van der Waals surface area contributed by atoms with E-state index >= 15 is 0 Å². The Balaban J connectivity index is 2.14. The number of amides is 1. The van der Waals surface area contributed by atoms with E-state index in [0.29, 0.717) is 23.6 Å². The van der Waals surface area contributed by atoms with Gasteiger partial charge in [0.25, 0.3) is 5.91 Å². The molecule has 0 radical (unpaired) electrons. The summed E-state index contributed by atoms with van der Waals surface area (Å²) < 4.78 is 12.2. The maximum atomic E-state index is 12.4. The number of methoxy groups -OCH3 is 2. The van der Waals surface area contributed by atoms with Crippen LogP contribution < -0.4 is 14.8 Å². The van der Waals surface area contributed by atoms with Crippen LogP contribution in [-0.4, -0.2) is 29.9 Å². The van der Waals surface area contributed by atoms with Gasteiger partial charge in [-0.15, -0.1) is 0 Å². The predicted molar refractivity (Wildman–Crippen MR) is 83.4 cm³/mol. The van der Waals surface area contributed by atoms with Gasteiger partial charge in [0.2, 0.25) is 0 Å². The van der Waals surface area contributed by atoms with E-state index in [-0.39, 0.29) is 5.91 Å². The van der Waals surface area contributed by atoms with Gasteiger partial charge in [0.15, 0.2) is 0 Å². The molecule has 118 valence electrons. The molecule has 0 aliphatic heterocycles. The molecule has 2 aromatic rings. The quantitative estimate of drug-likeness (QED) is 0.917. The first-order chi connectivity index (χ1) is 10.5. The number of ether oxygens (including phenoxy) is 2. The zero-order chi connectivity index (χ0) is 16.3. The van der Waals surface area contributed by atoms with E-state index in [1.165, 1.54) is 0 Å². The van der Waals surface area contributed by atoms with Crippen LogP contribution in [0.3, 0.4) is 0 Å². The lowest BCUT2D eigenvalue weighted by Gasteiger charge is -2.11. The van der Waals surface area contributed by atoms with E-state index in [1.54, 1.807) is 25.0 Å². The summed E-state index contributed by atoms with van der Waals surface area (Å²) in [7, 11) is 5.02. The maximum Gasteiger partial charge on any atom is 0.255 e. The number of carbonyl (C=O) groups is 1. The lowest BCUT2D eigenvalue weighted by molar-refractivity contribution is 0.0949. The number of aryl methyl sites for hydroxylation is 2. The van der Waals surface area contributed by atoms with Crippen molar-refractivity contribution in [2.45, 2.75) is 20.4 Å². The van der Waals surface area contributed by atoms with Crippen molar-refractivity contribution < 1.29 is 14.3 Å². The van der Waals surface area contributed by atoms with E-state index in [4.69, 9.17) is 9.47 Å². The van der Waals surface area contributed by atoms with Crippen LogP contribution in [0.4, 0.5) is 0 Å². The second-order valence-corrected chi connectivity index (χ2v) is 5.03. The Morgan fingerprint density at radius 3 is 2.55 bits per heavy atom. The van der Waals surface area contributed by atoms with Crippen molar-refractivity contribution in [3.05, 3.63) is 40.7 Å². The van der Waals surface area contributed by atoms with Gasteiger partial charge in [0.05, 0.1) is 25.5 Å². The van der Waals surface area contributed by atoms with E-state index in [2.05, 4.69) is 10.4 Å². The molecule has 1 aromatic heterocycles. The number of benzene rings is 1. The fourth-order valence-corrected chi connectivity index (χ4v) is 2.36. The van der Waals surface area contributed by atoms with Gasteiger partial charge in [-0.05, 0) is 26.0 Å². The van der Waals surface area contributed by atoms with Crippen LogP contribution in [0.1, 0.15) is 27.3 Å². The number of carbonyl (C=O) groups excluding carboxylic acids is 1. The highest BCUT2D eigenvalue weighted by molar-refractivity contribution is 5.96. The summed E-state index contributed by atoms with van der Waals surface area (Å²) in [6.07, 6.45) is 0. The number of nitrogens with zero attached hydrogens (tertiary/aromatic N) is 2. The molecule has 0 bridgehead atoms. The SMILES string of the molecule is COc1ccc(CNC(=O)c2c(C)nn(C)c2C)c(OC)c1. The summed E-state index contributed by atoms with van der Waals surface area (Å²) >= 11 is 0. The molecule has 6 heteroatoms. The molecule has 1 N–H and O–H groups in total. The molecule has 0 unspecified atom stereocenters. The fraction of sp³-hybridized carbons (Fsp3) is 0.375. The average Bonchev–Trinajstić information content (AvgIpc) is 2.77. The molecule has 0 aliphatic rings. The summed E-state index contributed by atoms with van der Waals surface area (Å²) in [5, 5.41) is 7.17. The van der Waals surface area contributed by atoms with Crippen LogP contribution in [0.15, 0.2) is 18.2 Å².